The largest absolute Gasteiger partial charge is 0.336 e. The van der Waals surface area contributed by atoms with Gasteiger partial charge in [-0.1, -0.05) is 36.2 Å². The van der Waals surface area contributed by atoms with Gasteiger partial charge in [-0.25, -0.2) is 9.50 Å². The summed E-state index contributed by atoms with van der Waals surface area (Å²) < 4.78 is 1.68. The van der Waals surface area contributed by atoms with Crippen LogP contribution >= 0.6 is 23.2 Å². The summed E-state index contributed by atoms with van der Waals surface area (Å²) in [5.41, 5.74) is 2.72. The van der Waals surface area contributed by atoms with Crippen molar-refractivity contribution in [3.63, 3.8) is 0 Å². The van der Waals surface area contributed by atoms with Crippen LogP contribution in [-0.2, 0) is 0 Å². The van der Waals surface area contributed by atoms with Gasteiger partial charge in [0.1, 0.15) is 5.56 Å². The van der Waals surface area contributed by atoms with E-state index < -0.39 is 0 Å². The van der Waals surface area contributed by atoms with Crippen molar-refractivity contribution in [2.24, 2.45) is 0 Å². The third kappa shape index (κ3) is 3.40. The summed E-state index contributed by atoms with van der Waals surface area (Å²) in [5, 5.41) is 5.38. The van der Waals surface area contributed by atoms with Crippen LogP contribution in [0.2, 0.25) is 10.0 Å². The van der Waals surface area contributed by atoms with Crippen LogP contribution in [0.25, 0.3) is 16.9 Å². The van der Waals surface area contributed by atoms with Crippen molar-refractivity contribution in [3.8, 4) is 11.3 Å². The van der Waals surface area contributed by atoms with Crippen molar-refractivity contribution in [1.29, 1.82) is 0 Å². The maximum atomic E-state index is 13.0. The highest BCUT2D eigenvalue weighted by molar-refractivity contribution is 6.42. The average molecular weight is 404 g/mol. The molecule has 0 aliphatic carbocycles. The molecule has 6 nitrogen and oxygen atoms in total. The van der Waals surface area contributed by atoms with Crippen molar-refractivity contribution in [2.45, 2.75) is 6.92 Å². The minimum atomic E-state index is -0.0282. The molecule has 3 heterocycles. The highest BCUT2D eigenvalue weighted by Crippen LogP contribution is 2.29. The van der Waals surface area contributed by atoms with Crippen LogP contribution in [0.1, 0.15) is 17.3 Å². The first-order chi connectivity index (χ1) is 13.1. The van der Waals surface area contributed by atoms with Crippen LogP contribution in [-0.4, -0.2) is 63.0 Å². The van der Waals surface area contributed by atoms with Crippen LogP contribution in [0.3, 0.4) is 0 Å². The normalized spacial score (nSPS) is 15.4. The van der Waals surface area contributed by atoms with Gasteiger partial charge >= 0.3 is 0 Å². The molecule has 27 heavy (non-hydrogen) atoms. The molecule has 0 N–H and O–H groups in total. The third-order valence-corrected chi connectivity index (χ3v) is 5.69. The molecular weight excluding hydrogens is 385 g/mol. The fraction of sp³-hybridized carbons (Fsp3) is 0.316. The summed E-state index contributed by atoms with van der Waals surface area (Å²) in [6.07, 6.45) is 3.28. The van der Waals surface area contributed by atoms with Gasteiger partial charge in [0.15, 0.2) is 5.65 Å². The predicted molar refractivity (Wildman–Crippen MR) is 106 cm³/mol. The van der Waals surface area contributed by atoms with Gasteiger partial charge in [0.25, 0.3) is 5.91 Å². The fourth-order valence-corrected chi connectivity index (χ4v) is 3.65. The number of amides is 1. The first-order valence-electron chi connectivity index (χ1n) is 8.88. The number of benzene rings is 1. The Morgan fingerprint density at radius 3 is 2.59 bits per heavy atom. The van der Waals surface area contributed by atoms with E-state index in [0.29, 0.717) is 21.3 Å². The summed E-state index contributed by atoms with van der Waals surface area (Å²) in [4.78, 5) is 21.6. The fourth-order valence-electron chi connectivity index (χ4n) is 3.35. The Balaban J connectivity index is 1.68. The van der Waals surface area contributed by atoms with E-state index in [-0.39, 0.29) is 5.91 Å². The van der Waals surface area contributed by atoms with Crippen molar-refractivity contribution < 1.29 is 4.79 Å². The van der Waals surface area contributed by atoms with Crippen LogP contribution in [0.5, 0.6) is 0 Å². The van der Waals surface area contributed by atoms with Crippen LogP contribution < -0.4 is 0 Å². The van der Waals surface area contributed by atoms with Gasteiger partial charge < -0.3 is 9.80 Å². The molecule has 1 fully saturated rings. The minimum absolute atomic E-state index is 0.0282. The van der Waals surface area contributed by atoms with Gasteiger partial charge in [-0.3, -0.25) is 4.79 Å². The lowest BCUT2D eigenvalue weighted by molar-refractivity contribution is 0.0645. The SMILES string of the molecule is CCN1CCN(C(=O)c2cnn3c(-c4ccc(Cl)c(Cl)c4)ccnc23)CC1. The Labute approximate surface area is 167 Å². The molecule has 0 radical (unpaired) electrons. The van der Waals surface area contributed by atoms with Gasteiger partial charge in [0, 0.05) is 37.9 Å². The molecule has 0 saturated carbocycles. The van der Waals surface area contributed by atoms with Crippen LogP contribution in [0.4, 0.5) is 0 Å². The van der Waals surface area contributed by atoms with Gasteiger partial charge in [0.05, 0.1) is 21.9 Å². The molecule has 3 aromatic rings. The molecule has 4 rings (SSSR count). The maximum Gasteiger partial charge on any atom is 0.259 e. The van der Waals surface area contributed by atoms with Gasteiger partial charge in [0.2, 0.25) is 0 Å². The third-order valence-electron chi connectivity index (χ3n) is 4.95. The first-order valence-corrected chi connectivity index (χ1v) is 9.64. The molecule has 1 aromatic carbocycles. The standard InChI is InChI=1S/C19H19Cl2N5O/c1-2-24-7-9-25(10-8-24)19(27)14-12-23-26-17(5-6-22-18(14)26)13-3-4-15(20)16(21)11-13/h3-6,11-12H,2,7-10H2,1H3. The van der Waals surface area contributed by atoms with Crippen molar-refractivity contribution in [1.82, 2.24) is 24.4 Å². The first kappa shape index (κ1) is 18.2. The van der Waals surface area contributed by atoms with E-state index in [9.17, 15) is 4.79 Å². The van der Waals surface area contributed by atoms with E-state index in [1.165, 1.54) is 0 Å². The number of fused-ring (bicyclic) bond motifs is 1. The number of hydrogen-bond acceptors (Lipinski definition) is 4. The molecule has 140 valence electrons. The topological polar surface area (TPSA) is 53.7 Å². The Bertz CT molecular complexity index is 995. The highest BCUT2D eigenvalue weighted by atomic mass is 35.5. The number of likely N-dealkylation sites (N-methyl/N-ethyl adjacent to an activating group) is 1. The summed E-state index contributed by atoms with van der Waals surface area (Å²) in [5.74, 6) is -0.0282. The van der Waals surface area contributed by atoms with E-state index >= 15 is 0 Å². The number of rotatable bonds is 3. The van der Waals surface area contributed by atoms with Crippen molar-refractivity contribution in [2.75, 3.05) is 32.7 Å². The van der Waals surface area contributed by atoms with Gasteiger partial charge in [-0.15, -0.1) is 0 Å². The average Bonchev–Trinajstić information content (AvgIpc) is 3.14. The zero-order valence-electron chi connectivity index (χ0n) is 14.9. The minimum Gasteiger partial charge on any atom is -0.336 e. The second kappa shape index (κ2) is 7.46. The van der Waals surface area contributed by atoms with Gasteiger partial charge in [-0.2, -0.15) is 5.10 Å². The molecule has 1 amide bonds. The Morgan fingerprint density at radius 1 is 1.11 bits per heavy atom. The summed E-state index contributed by atoms with van der Waals surface area (Å²) in [7, 11) is 0. The zero-order chi connectivity index (χ0) is 19.0. The molecule has 1 saturated heterocycles. The summed E-state index contributed by atoms with van der Waals surface area (Å²) in [6.45, 7) is 6.37. The molecule has 0 bridgehead atoms. The maximum absolute atomic E-state index is 13.0. The number of halogens is 2. The lowest BCUT2D eigenvalue weighted by Gasteiger charge is -2.33. The van der Waals surface area contributed by atoms with E-state index in [0.717, 1.165) is 44.0 Å². The van der Waals surface area contributed by atoms with Crippen LogP contribution in [0.15, 0.2) is 36.7 Å². The number of piperazine rings is 1. The number of nitrogens with zero attached hydrogens (tertiary/aromatic N) is 5. The summed E-state index contributed by atoms with van der Waals surface area (Å²) >= 11 is 12.2. The molecular formula is C19H19Cl2N5O. The number of carbonyl (C=O) groups excluding carboxylic acids is 1. The van der Waals surface area contributed by atoms with E-state index in [1.54, 1.807) is 29.0 Å². The predicted octanol–water partition coefficient (Wildman–Crippen LogP) is 3.48. The van der Waals surface area contributed by atoms with E-state index in [1.807, 2.05) is 17.0 Å². The summed E-state index contributed by atoms with van der Waals surface area (Å²) in [6, 6.07) is 7.24. The number of aromatic nitrogens is 3. The monoisotopic (exact) mass is 403 g/mol. The molecule has 0 spiro atoms. The van der Waals surface area contributed by atoms with Crippen LogP contribution in [0, 0.1) is 0 Å². The quantitative estimate of drug-likeness (QED) is 0.671. The second-order valence-corrected chi connectivity index (χ2v) is 7.29. The van der Waals surface area contributed by atoms with E-state index in [4.69, 9.17) is 23.2 Å². The van der Waals surface area contributed by atoms with E-state index in [2.05, 4.69) is 21.9 Å². The Kier molecular flexibility index (Phi) is 5.04. The molecule has 0 atom stereocenters. The Hall–Kier alpha value is -2.15. The van der Waals surface area contributed by atoms with Crippen molar-refractivity contribution >= 4 is 34.8 Å². The number of hydrogen-bond donors (Lipinski definition) is 0. The molecule has 2 aromatic heterocycles. The number of carbonyl (C=O) groups is 1. The lowest BCUT2D eigenvalue weighted by Crippen LogP contribution is -2.48. The molecule has 1 aliphatic heterocycles. The molecule has 8 heteroatoms. The lowest BCUT2D eigenvalue weighted by atomic mass is 10.1. The zero-order valence-corrected chi connectivity index (χ0v) is 16.4. The van der Waals surface area contributed by atoms with Crippen molar-refractivity contribution in [3.05, 3.63) is 52.3 Å². The van der Waals surface area contributed by atoms with Gasteiger partial charge in [-0.05, 0) is 24.7 Å². The second-order valence-electron chi connectivity index (χ2n) is 6.48. The molecule has 0 unspecified atom stereocenters. The highest BCUT2D eigenvalue weighted by Gasteiger charge is 2.25. The Morgan fingerprint density at radius 2 is 1.89 bits per heavy atom. The molecule has 1 aliphatic rings. The smallest absolute Gasteiger partial charge is 0.259 e.